The maximum absolute atomic E-state index is 12.4. The van der Waals surface area contributed by atoms with Crippen molar-refractivity contribution in [3.63, 3.8) is 0 Å². The molecule has 0 spiro atoms. The summed E-state index contributed by atoms with van der Waals surface area (Å²) >= 11 is 0. The molecule has 10 nitrogen and oxygen atoms in total. The number of nitrogens with one attached hydrogen (secondary N) is 2. The molecule has 0 atom stereocenters. The third-order valence-electron chi connectivity index (χ3n) is 6.88. The van der Waals surface area contributed by atoms with Gasteiger partial charge in [-0.3, -0.25) is 4.98 Å². The van der Waals surface area contributed by atoms with Crippen LogP contribution in [0.15, 0.2) is 61.4 Å². The lowest BCUT2D eigenvalue weighted by Gasteiger charge is -2.33. The highest BCUT2D eigenvalue weighted by Gasteiger charge is 2.29. The van der Waals surface area contributed by atoms with E-state index in [1.54, 1.807) is 59.0 Å². The van der Waals surface area contributed by atoms with Crippen molar-refractivity contribution in [1.82, 2.24) is 24.9 Å². The minimum Gasteiger partial charge on any atom is -0.444 e. The first-order valence-corrected chi connectivity index (χ1v) is 14.1. The van der Waals surface area contributed by atoms with Gasteiger partial charge in [-0.1, -0.05) is 30.9 Å². The van der Waals surface area contributed by atoms with Crippen LogP contribution in [-0.4, -0.2) is 63.1 Å². The van der Waals surface area contributed by atoms with Crippen molar-refractivity contribution in [2.24, 2.45) is 0 Å². The molecular weight excluding hydrogens is 575 g/mol. The van der Waals surface area contributed by atoms with E-state index >= 15 is 0 Å². The van der Waals surface area contributed by atoms with Crippen LogP contribution in [0.4, 0.5) is 28.4 Å². The molecule has 0 bridgehead atoms. The molecule has 3 aromatic rings. The summed E-state index contributed by atoms with van der Waals surface area (Å²) in [5.74, 6) is 7.00. The van der Waals surface area contributed by atoms with E-state index in [0.29, 0.717) is 30.2 Å². The lowest BCUT2D eigenvalue weighted by molar-refractivity contribution is -0.122. The number of alkyl halides is 3. The molecule has 1 saturated heterocycles. The minimum absolute atomic E-state index is 0.227. The van der Waals surface area contributed by atoms with Crippen LogP contribution in [0, 0.1) is 0 Å². The fraction of sp³-hybridized carbons (Fsp3) is 0.355. The highest BCUT2D eigenvalue weighted by Crippen LogP contribution is 2.29. The number of carbonyl (C=O) groups is 2. The number of likely N-dealkylation sites (tertiary alicyclic amines) is 1. The number of nitrogens with two attached hydrogens (primary N) is 1. The van der Waals surface area contributed by atoms with Crippen LogP contribution < -0.4 is 16.5 Å². The summed E-state index contributed by atoms with van der Waals surface area (Å²) in [5.41, 5.74) is 3.37. The van der Waals surface area contributed by atoms with Crippen molar-refractivity contribution in [3.05, 3.63) is 78.5 Å². The van der Waals surface area contributed by atoms with E-state index in [1.165, 1.54) is 4.68 Å². The van der Waals surface area contributed by atoms with Crippen LogP contribution in [0.2, 0.25) is 0 Å². The molecule has 0 unspecified atom stereocenters. The summed E-state index contributed by atoms with van der Waals surface area (Å²) in [6.45, 7) is 9.24. The van der Waals surface area contributed by atoms with Crippen molar-refractivity contribution in [2.75, 3.05) is 30.8 Å². The number of rotatable bonds is 7. The summed E-state index contributed by atoms with van der Waals surface area (Å²) < 4.78 is 44.0. The number of carbonyl (C=O) groups excluding carboxylic acids is 2. The van der Waals surface area contributed by atoms with Gasteiger partial charge in [0.25, 0.3) is 0 Å². The maximum atomic E-state index is 12.4. The first-order chi connectivity index (χ1) is 20.7. The minimum atomic E-state index is -4.51. The molecule has 3 amide bonds. The summed E-state index contributed by atoms with van der Waals surface area (Å²) in [5, 5.41) is 4.15. The Morgan fingerprint density at radius 2 is 1.84 bits per heavy atom. The smallest absolute Gasteiger partial charge is 0.410 e. The number of nitrogen functional groups attached to an aromatic ring is 1. The molecule has 4 rings (SSSR count). The molecule has 4 N–H and O–H groups in total. The van der Waals surface area contributed by atoms with Crippen LogP contribution >= 0.6 is 0 Å². The predicted molar refractivity (Wildman–Crippen MR) is 163 cm³/mol. The molecule has 1 aliphatic rings. The van der Waals surface area contributed by atoms with Crippen LogP contribution in [0.3, 0.4) is 0 Å². The van der Waals surface area contributed by atoms with E-state index in [0.717, 1.165) is 29.7 Å². The number of nitrogens with zero attached hydrogens (tertiary/aromatic N) is 4. The van der Waals surface area contributed by atoms with Gasteiger partial charge in [-0.25, -0.2) is 19.2 Å². The third-order valence-corrected chi connectivity index (χ3v) is 6.88. The number of ether oxygens (including phenoxy) is 1. The SMILES string of the molecule is C=C/C(=C\c1ncc(-c2cccc(NC(=O)NCC(F)(F)F)c2)n1N)c1ccc(C2CCN(C(=O)OC(C)(C)C)CC2)nc1. The van der Waals surface area contributed by atoms with E-state index in [2.05, 4.69) is 16.9 Å². The van der Waals surface area contributed by atoms with Gasteiger partial charge in [-0.2, -0.15) is 13.2 Å². The van der Waals surface area contributed by atoms with E-state index in [1.807, 2.05) is 32.9 Å². The number of pyridine rings is 1. The molecule has 234 valence electrons. The summed E-state index contributed by atoms with van der Waals surface area (Å²) in [7, 11) is 0. The summed E-state index contributed by atoms with van der Waals surface area (Å²) in [6, 6.07) is 9.46. The zero-order valence-electron chi connectivity index (χ0n) is 24.8. The average molecular weight is 612 g/mol. The zero-order chi connectivity index (χ0) is 32.1. The number of imidazole rings is 1. The van der Waals surface area contributed by atoms with Gasteiger partial charge in [0.05, 0.1) is 11.9 Å². The zero-order valence-corrected chi connectivity index (χ0v) is 24.8. The Morgan fingerprint density at radius 3 is 2.45 bits per heavy atom. The van der Waals surface area contributed by atoms with Gasteiger partial charge in [-0.05, 0) is 63.5 Å². The van der Waals surface area contributed by atoms with E-state index in [9.17, 15) is 22.8 Å². The number of hydrogen-bond acceptors (Lipinski definition) is 6. The number of aromatic nitrogens is 3. The van der Waals surface area contributed by atoms with Crippen LogP contribution in [0.25, 0.3) is 22.9 Å². The standard InChI is InChI=1S/C31H36F3N7O3/c1-5-20(23-9-10-25(36-17-23)21-11-13-40(14-12-21)29(43)44-30(2,3)4)16-27-37-18-26(41(27)35)22-7-6-8-24(15-22)39-28(42)38-19-31(32,33)34/h5-10,15-18,21H,1,11-14,19,35H2,2-4H3,(H2,38,39,42)/b20-16+. The number of urea groups is 1. The molecule has 1 aliphatic heterocycles. The van der Waals surface area contributed by atoms with E-state index < -0.39 is 24.4 Å². The number of piperidine rings is 1. The van der Waals surface area contributed by atoms with E-state index in [4.69, 9.17) is 15.6 Å². The Bertz CT molecular complexity index is 1520. The van der Waals surface area contributed by atoms with Crippen molar-refractivity contribution in [1.29, 1.82) is 0 Å². The number of allylic oxidation sites excluding steroid dienone is 2. The second-order valence-electron chi connectivity index (χ2n) is 11.4. The van der Waals surface area contributed by atoms with Gasteiger partial charge in [-0.15, -0.1) is 0 Å². The number of halogens is 3. The normalized spacial score (nSPS) is 14.7. The number of benzene rings is 1. The first kappa shape index (κ1) is 32.1. The fourth-order valence-electron chi connectivity index (χ4n) is 4.71. The molecular formula is C31H36F3N7O3. The molecule has 44 heavy (non-hydrogen) atoms. The van der Waals surface area contributed by atoms with E-state index in [-0.39, 0.29) is 17.7 Å². The lowest BCUT2D eigenvalue weighted by atomic mass is 9.92. The van der Waals surface area contributed by atoms with Gasteiger partial charge in [0.2, 0.25) is 0 Å². The highest BCUT2D eigenvalue weighted by atomic mass is 19.4. The Hall–Kier alpha value is -4.81. The molecule has 3 heterocycles. The Labute approximate surface area is 253 Å². The predicted octanol–water partition coefficient (Wildman–Crippen LogP) is 6.18. The quantitative estimate of drug-likeness (QED) is 0.216. The number of amides is 3. The molecule has 2 aromatic heterocycles. The maximum Gasteiger partial charge on any atom is 0.410 e. The number of hydrogen-bond donors (Lipinski definition) is 3. The third kappa shape index (κ3) is 8.62. The monoisotopic (exact) mass is 611 g/mol. The second kappa shape index (κ2) is 13.2. The first-order valence-electron chi connectivity index (χ1n) is 14.1. The molecule has 0 aliphatic carbocycles. The Kier molecular flexibility index (Phi) is 9.65. The summed E-state index contributed by atoms with van der Waals surface area (Å²) in [6.07, 6.45) is 3.54. The highest BCUT2D eigenvalue weighted by molar-refractivity contribution is 5.90. The topological polar surface area (TPSA) is 127 Å². The molecule has 13 heteroatoms. The molecule has 0 saturated carbocycles. The van der Waals surface area contributed by atoms with Crippen LogP contribution in [0.1, 0.15) is 56.6 Å². The van der Waals surface area contributed by atoms with Crippen molar-refractivity contribution in [2.45, 2.75) is 51.3 Å². The summed E-state index contributed by atoms with van der Waals surface area (Å²) in [4.78, 5) is 35.1. The van der Waals surface area contributed by atoms with Crippen molar-refractivity contribution in [3.8, 4) is 11.3 Å². The number of anilines is 1. The Morgan fingerprint density at radius 1 is 1.11 bits per heavy atom. The molecule has 0 radical (unpaired) electrons. The van der Waals surface area contributed by atoms with Gasteiger partial charge < -0.3 is 26.1 Å². The van der Waals surface area contributed by atoms with Crippen molar-refractivity contribution < 1.29 is 27.5 Å². The van der Waals surface area contributed by atoms with Gasteiger partial charge in [0, 0.05) is 47.7 Å². The van der Waals surface area contributed by atoms with Crippen LogP contribution in [-0.2, 0) is 4.74 Å². The van der Waals surface area contributed by atoms with Gasteiger partial charge in [0.1, 0.15) is 12.1 Å². The van der Waals surface area contributed by atoms with Gasteiger partial charge in [0.15, 0.2) is 5.82 Å². The fourth-order valence-corrected chi connectivity index (χ4v) is 4.71. The largest absolute Gasteiger partial charge is 0.444 e. The molecule has 1 aromatic carbocycles. The second-order valence-corrected chi connectivity index (χ2v) is 11.4. The van der Waals surface area contributed by atoms with Crippen LogP contribution in [0.5, 0.6) is 0 Å². The van der Waals surface area contributed by atoms with Gasteiger partial charge >= 0.3 is 18.3 Å². The van der Waals surface area contributed by atoms with Crippen molar-refractivity contribution >= 4 is 29.5 Å². The molecule has 1 fully saturated rings. The Balaban J connectivity index is 1.42. The lowest BCUT2D eigenvalue weighted by Crippen LogP contribution is -2.41. The average Bonchev–Trinajstić information content (AvgIpc) is 3.33.